The molecule has 92 valence electrons. The second-order valence-electron chi connectivity index (χ2n) is 3.63. The number of aromatic nitrogens is 1. The van der Waals surface area contributed by atoms with E-state index in [0.717, 1.165) is 11.5 Å². The van der Waals surface area contributed by atoms with Crippen molar-refractivity contribution in [2.24, 2.45) is 0 Å². The molecule has 2 rings (SSSR count). The quantitative estimate of drug-likeness (QED) is 0.775. The van der Waals surface area contributed by atoms with Crippen LogP contribution in [0.3, 0.4) is 0 Å². The van der Waals surface area contributed by atoms with E-state index in [4.69, 9.17) is 0 Å². The molecule has 0 saturated heterocycles. The number of hydrogen-bond donors (Lipinski definition) is 3. The number of carbonyl (C=O) groups is 1. The zero-order valence-corrected chi connectivity index (χ0v) is 9.97. The van der Waals surface area contributed by atoms with Crippen molar-refractivity contribution < 1.29 is 4.79 Å². The Hall–Kier alpha value is -2.56. The number of urea groups is 1. The van der Waals surface area contributed by atoms with Gasteiger partial charge in [-0.05, 0) is 24.3 Å². The smallest absolute Gasteiger partial charge is 0.323 e. The number of benzene rings is 1. The Morgan fingerprint density at radius 1 is 1.00 bits per heavy atom. The minimum atomic E-state index is -0.291. The molecule has 5 nitrogen and oxygen atoms in total. The molecule has 0 atom stereocenters. The van der Waals surface area contributed by atoms with Crippen molar-refractivity contribution >= 4 is 23.2 Å². The summed E-state index contributed by atoms with van der Waals surface area (Å²) in [6.45, 7) is 0. The predicted molar refractivity (Wildman–Crippen MR) is 72.9 cm³/mol. The number of hydrogen-bond acceptors (Lipinski definition) is 3. The standard InChI is InChI=1S/C13H14N4O/c1-14-12-8-7-11(9-15-12)17-13(18)16-10-5-3-2-4-6-10/h2-9H,1H3,(H,14,15)(H2,16,17,18). The van der Waals surface area contributed by atoms with E-state index in [-0.39, 0.29) is 6.03 Å². The summed E-state index contributed by atoms with van der Waals surface area (Å²) in [6, 6.07) is 12.5. The van der Waals surface area contributed by atoms with Crippen LogP contribution in [-0.2, 0) is 0 Å². The third-order valence-electron chi connectivity index (χ3n) is 2.31. The van der Waals surface area contributed by atoms with Crippen LogP contribution in [0.25, 0.3) is 0 Å². The van der Waals surface area contributed by atoms with Crippen LogP contribution in [0.2, 0.25) is 0 Å². The predicted octanol–water partition coefficient (Wildman–Crippen LogP) is 2.77. The maximum absolute atomic E-state index is 11.7. The number of para-hydroxylation sites is 1. The molecular weight excluding hydrogens is 228 g/mol. The normalized spacial score (nSPS) is 9.61. The number of nitrogens with zero attached hydrogens (tertiary/aromatic N) is 1. The van der Waals surface area contributed by atoms with Gasteiger partial charge in [0.15, 0.2) is 0 Å². The first-order valence-corrected chi connectivity index (χ1v) is 5.55. The van der Waals surface area contributed by atoms with E-state index < -0.39 is 0 Å². The van der Waals surface area contributed by atoms with Crippen molar-refractivity contribution in [2.75, 3.05) is 23.0 Å². The van der Waals surface area contributed by atoms with E-state index in [2.05, 4.69) is 20.9 Å². The van der Waals surface area contributed by atoms with Crippen molar-refractivity contribution in [3.8, 4) is 0 Å². The molecule has 1 heterocycles. The molecule has 2 amide bonds. The molecule has 0 fully saturated rings. The van der Waals surface area contributed by atoms with Gasteiger partial charge in [0, 0.05) is 12.7 Å². The number of nitrogens with one attached hydrogen (secondary N) is 3. The lowest BCUT2D eigenvalue weighted by Gasteiger charge is -2.07. The molecule has 0 spiro atoms. The largest absolute Gasteiger partial charge is 0.373 e. The molecule has 0 unspecified atom stereocenters. The van der Waals surface area contributed by atoms with Gasteiger partial charge in [-0.25, -0.2) is 9.78 Å². The zero-order chi connectivity index (χ0) is 12.8. The molecule has 5 heteroatoms. The zero-order valence-electron chi connectivity index (χ0n) is 9.97. The molecule has 0 bridgehead atoms. The van der Waals surface area contributed by atoms with Gasteiger partial charge in [0.05, 0.1) is 11.9 Å². The Labute approximate surface area is 105 Å². The molecule has 0 radical (unpaired) electrons. The average molecular weight is 242 g/mol. The molecule has 1 aromatic heterocycles. The lowest BCUT2D eigenvalue weighted by atomic mass is 10.3. The molecule has 18 heavy (non-hydrogen) atoms. The average Bonchev–Trinajstić information content (AvgIpc) is 2.40. The summed E-state index contributed by atoms with van der Waals surface area (Å²) in [5.41, 5.74) is 1.39. The summed E-state index contributed by atoms with van der Waals surface area (Å²) in [5, 5.41) is 8.33. The highest BCUT2D eigenvalue weighted by Crippen LogP contribution is 2.10. The topological polar surface area (TPSA) is 66.0 Å². The van der Waals surface area contributed by atoms with Gasteiger partial charge < -0.3 is 16.0 Å². The van der Waals surface area contributed by atoms with Crippen molar-refractivity contribution in [1.82, 2.24) is 4.98 Å². The van der Waals surface area contributed by atoms with Crippen LogP contribution in [0.1, 0.15) is 0 Å². The van der Waals surface area contributed by atoms with E-state index in [1.54, 1.807) is 25.4 Å². The van der Waals surface area contributed by atoms with Gasteiger partial charge >= 0.3 is 6.03 Å². The summed E-state index contributed by atoms with van der Waals surface area (Å²) < 4.78 is 0. The van der Waals surface area contributed by atoms with Gasteiger partial charge in [0.1, 0.15) is 5.82 Å². The van der Waals surface area contributed by atoms with E-state index in [0.29, 0.717) is 5.69 Å². The van der Waals surface area contributed by atoms with E-state index in [1.807, 2.05) is 30.3 Å². The van der Waals surface area contributed by atoms with Crippen molar-refractivity contribution in [3.05, 3.63) is 48.7 Å². The first kappa shape index (κ1) is 11.9. The van der Waals surface area contributed by atoms with Crippen molar-refractivity contribution in [2.45, 2.75) is 0 Å². The maximum Gasteiger partial charge on any atom is 0.323 e. The molecule has 2 aromatic rings. The van der Waals surface area contributed by atoms with Crippen molar-refractivity contribution in [3.63, 3.8) is 0 Å². The lowest BCUT2D eigenvalue weighted by Crippen LogP contribution is -2.19. The Bertz CT molecular complexity index is 510. The fourth-order valence-electron chi connectivity index (χ4n) is 1.43. The highest BCUT2D eigenvalue weighted by Gasteiger charge is 2.02. The van der Waals surface area contributed by atoms with E-state index >= 15 is 0 Å². The number of pyridine rings is 1. The van der Waals surface area contributed by atoms with Crippen molar-refractivity contribution in [1.29, 1.82) is 0 Å². The monoisotopic (exact) mass is 242 g/mol. The Balaban J connectivity index is 1.94. The van der Waals surface area contributed by atoms with Gasteiger partial charge in [0.2, 0.25) is 0 Å². The van der Waals surface area contributed by atoms with Gasteiger partial charge in [-0.3, -0.25) is 0 Å². The van der Waals surface area contributed by atoms with E-state index in [9.17, 15) is 4.79 Å². The van der Waals surface area contributed by atoms with Gasteiger partial charge in [0.25, 0.3) is 0 Å². The number of carbonyl (C=O) groups excluding carboxylic acids is 1. The third-order valence-corrected chi connectivity index (χ3v) is 2.31. The summed E-state index contributed by atoms with van der Waals surface area (Å²) in [7, 11) is 1.79. The maximum atomic E-state index is 11.7. The fourth-order valence-corrected chi connectivity index (χ4v) is 1.43. The fraction of sp³-hybridized carbons (Fsp3) is 0.0769. The minimum Gasteiger partial charge on any atom is -0.373 e. The minimum absolute atomic E-state index is 0.291. The molecule has 1 aromatic carbocycles. The van der Waals surface area contributed by atoms with Crippen LogP contribution < -0.4 is 16.0 Å². The second-order valence-corrected chi connectivity index (χ2v) is 3.63. The first-order chi connectivity index (χ1) is 8.78. The Morgan fingerprint density at radius 2 is 1.72 bits per heavy atom. The SMILES string of the molecule is CNc1ccc(NC(=O)Nc2ccccc2)cn1. The van der Waals surface area contributed by atoms with Crippen LogP contribution in [-0.4, -0.2) is 18.1 Å². The Kier molecular flexibility index (Phi) is 3.76. The lowest BCUT2D eigenvalue weighted by molar-refractivity contribution is 0.262. The van der Waals surface area contributed by atoms with Gasteiger partial charge in [-0.1, -0.05) is 18.2 Å². The summed E-state index contributed by atoms with van der Waals surface area (Å²) in [6.07, 6.45) is 1.59. The number of anilines is 3. The molecule has 3 N–H and O–H groups in total. The third kappa shape index (κ3) is 3.21. The molecule has 0 aliphatic heterocycles. The van der Waals surface area contributed by atoms with Crippen LogP contribution in [0.15, 0.2) is 48.7 Å². The van der Waals surface area contributed by atoms with E-state index in [1.165, 1.54) is 0 Å². The van der Waals surface area contributed by atoms with Crippen LogP contribution in [0.5, 0.6) is 0 Å². The van der Waals surface area contributed by atoms with Gasteiger partial charge in [-0.15, -0.1) is 0 Å². The molecular formula is C13H14N4O. The van der Waals surface area contributed by atoms with Gasteiger partial charge in [-0.2, -0.15) is 0 Å². The summed E-state index contributed by atoms with van der Waals surface area (Å²) >= 11 is 0. The highest BCUT2D eigenvalue weighted by atomic mass is 16.2. The molecule has 0 aliphatic carbocycles. The number of rotatable bonds is 3. The molecule has 0 saturated carbocycles. The second kappa shape index (κ2) is 5.67. The summed E-state index contributed by atoms with van der Waals surface area (Å²) in [4.78, 5) is 15.8. The summed E-state index contributed by atoms with van der Waals surface area (Å²) in [5.74, 6) is 0.754. The van der Waals surface area contributed by atoms with Crippen LogP contribution >= 0.6 is 0 Å². The van der Waals surface area contributed by atoms with Crippen LogP contribution in [0.4, 0.5) is 22.0 Å². The Morgan fingerprint density at radius 3 is 2.33 bits per heavy atom. The first-order valence-electron chi connectivity index (χ1n) is 5.55. The molecule has 0 aliphatic rings. The number of amides is 2. The highest BCUT2D eigenvalue weighted by molar-refractivity contribution is 5.99. The van der Waals surface area contributed by atoms with Crippen LogP contribution in [0, 0.1) is 0 Å².